The first-order valence-corrected chi connectivity index (χ1v) is 8.71. The molecule has 0 saturated heterocycles. The number of hydrogen-bond donors (Lipinski definition) is 2. The Labute approximate surface area is 159 Å². The van der Waals surface area contributed by atoms with E-state index in [9.17, 15) is 4.79 Å². The van der Waals surface area contributed by atoms with Crippen LogP contribution in [0.15, 0.2) is 47.5 Å². The van der Waals surface area contributed by atoms with Crippen molar-refractivity contribution in [2.75, 3.05) is 6.54 Å². The molecule has 0 aromatic heterocycles. The number of halogens is 1. The van der Waals surface area contributed by atoms with E-state index in [-0.39, 0.29) is 12.4 Å². The minimum atomic E-state index is -0.441. The highest BCUT2D eigenvalue weighted by atomic mass is 35.5. The molecule has 1 amide bonds. The van der Waals surface area contributed by atoms with E-state index in [0.717, 1.165) is 18.8 Å². The quantitative estimate of drug-likeness (QED) is 0.629. The number of aliphatic imine (C=N–C) groups is 1. The maximum Gasteiger partial charge on any atom is 0.248 e. The maximum absolute atomic E-state index is 11.2. The van der Waals surface area contributed by atoms with Gasteiger partial charge >= 0.3 is 0 Å². The SMILES string of the molecule is Cl.NC(=O)c1ccc(N=C(N)N2Cc3cccc4c3C(CCC4)C2)cc1. The largest absolute Gasteiger partial charge is 0.369 e. The monoisotopic (exact) mass is 370 g/mol. The summed E-state index contributed by atoms with van der Waals surface area (Å²) in [5, 5.41) is 0. The number of primary amides is 1. The molecule has 0 radical (unpaired) electrons. The van der Waals surface area contributed by atoms with Crippen molar-refractivity contribution >= 4 is 30.0 Å². The van der Waals surface area contributed by atoms with Gasteiger partial charge in [-0.1, -0.05) is 18.2 Å². The third-order valence-corrected chi connectivity index (χ3v) is 5.22. The lowest BCUT2D eigenvalue weighted by atomic mass is 9.78. The number of carbonyl (C=O) groups is 1. The molecule has 1 atom stereocenters. The predicted octanol–water partition coefficient (Wildman–Crippen LogP) is 3.09. The van der Waals surface area contributed by atoms with Crippen molar-refractivity contribution in [1.82, 2.24) is 4.90 Å². The van der Waals surface area contributed by atoms with E-state index in [0.29, 0.717) is 17.4 Å². The number of carbonyl (C=O) groups excluding carboxylic acids is 1. The average molecular weight is 371 g/mol. The first kappa shape index (κ1) is 18.3. The van der Waals surface area contributed by atoms with Crippen LogP contribution in [0, 0.1) is 0 Å². The molecule has 4 N–H and O–H groups in total. The number of guanidine groups is 1. The van der Waals surface area contributed by atoms with Crippen LogP contribution in [0.4, 0.5) is 5.69 Å². The van der Waals surface area contributed by atoms with Gasteiger partial charge in [-0.3, -0.25) is 4.79 Å². The molecular formula is C20H23ClN4O. The Bertz CT molecular complexity index is 847. The van der Waals surface area contributed by atoms with Crippen LogP contribution >= 0.6 is 12.4 Å². The van der Waals surface area contributed by atoms with Crippen LogP contribution in [0.1, 0.15) is 45.8 Å². The summed E-state index contributed by atoms with van der Waals surface area (Å²) in [5.74, 6) is 0.623. The van der Waals surface area contributed by atoms with E-state index in [4.69, 9.17) is 11.5 Å². The Morgan fingerprint density at radius 3 is 2.54 bits per heavy atom. The fourth-order valence-electron chi connectivity index (χ4n) is 4.03. The minimum Gasteiger partial charge on any atom is -0.369 e. The van der Waals surface area contributed by atoms with Crippen molar-refractivity contribution < 1.29 is 4.79 Å². The smallest absolute Gasteiger partial charge is 0.248 e. The fraction of sp³-hybridized carbons (Fsp3) is 0.300. The number of benzene rings is 2. The second-order valence-electron chi connectivity index (χ2n) is 6.84. The normalized spacial score (nSPS) is 18.7. The number of aryl methyl sites for hydroxylation is 1. The van der Waals surface area contributed by atoms with Gasteiger partial charge in [-0.05, 0) is 60.2 Å². The van der Waals surface area contributed by atoms with Gasteiger partial charge in [-0.2, -0.15) is 0 Å². The highest BCUT2D eigenvalue weighted by molar-refractivity contribution is 5.93. The lowest BCUT2D eigenvalue weighted by molar-refractivity contribution is 0.100. The van der Waals surface area contributed by atoms with Gasteiger partial charge in [0, 0.05) is 24.6 Å². The van der Waals surface area contributed by atoms with Gasteiger partial charge in [0.05, 0.1) is 5.69 Å². The van der Waals surface area contributed by atoms with Gasteiger partial charge in [0.1, 0.15) is 0 Å². The van der Waals surface area contributed by atoms with Gasteiger partial charge in [0.2, 0.25) is 5.91 Å². The van der Waals surface area contributed by atoms with E-state index in [1.165, 1.54) is 30.4 Å². The number of nitrogens with two attached hydrogens (primary N) is 2. The zero-order valence-electron chi connectivity index (χ0n) is 14.5. The molecule has 136 valence electrons. The van der Waals surface area contributed by atoms with E-state index >= 15 is 0 Å². The molecule has 5 nitrogen and oxygen atoms in total. The van der Waals surface area contributed by atoms with Gasteiger partial charge in [-0.15, -0.1) is 12.4 Å². The molecule has 0 bridgehead atoms. The molecule has 26 heavy (non-hydrogen) atoms. The second kappa shape index (κ2) is 7.38. The molecular weight excluding hydrogens is 348 g/mol. The molecule has 2 aliphatic rings. The van der Waals surface area contributed by atoms with Crippen molar-refractivity contribution in [3.05, 3.63) is 64.7 Å². The first-order chi connectivity index (χ1) is 12.1. The van der Waals surface area contributed by atoms with Gasteiger partial charge in [0.15, 0.2) is 5.96 Å². The second-order valence-corrected chi connectivity index (χ2v) is 6.84. The molecule has 0 spiro atoms. The third-order valence-electron chi connectivity index (χ3n) is 5.22. The molecule has 1 unspecified atom stereocenters. The van der Waals surface area contributed by atoms with Crippen LogP contribution < -0.4 is 11.5 Å². The summed E-state index contributed by atoms with van der Waals surface area (Å²) >= 11 is 0. The lowest BCUT2D eigenvalue weighted by Gasteiger charge is -2.38. The Hall–Kier alpha value is -2.53. The van der Waals surface area contributed by atoms with Crippen molar-refractivity contribution in [2.24, 2.45) is 16.5 Å². The Morgan fingerprint density at radius 2 is 1.81 bits per heavy atom. The van der Waals surface area contributed by atoms with Crippen molar-refractivity contribution in [1.29, 1.82) is 0 Å². The molecule has 2 aromatic rings. The molecule has 1 aliphatic heterocycles. The van der Waals surface area contributed by atoms with E-state index in [1.807, 2.05) is 0 Å². The van der Waals surface area contributed by atoms with Gasteiger partial charge in [-0.25, -0.2) is 4.99 Å². The highest BCUT2D eigenvalue weighted by Gasteiger charge is 2.30. The molecule has 0 saturated carbocycles. The van der Waals surface area contributed by atoms with E-state index < -0.39 is 5.91 Å². The Kier molecular flexibility index (Phi) is 5.18. The lowest BCUT2D eigenvalue weighted by Crippen LogP contribution is -2.43. The maximum atomic E-state index is 11.2. The predicted molar refractivity (Wildman–Crippen MR) is 106 cm³/mol. The van der Waals surface area contributed by atoms with E-state index in [1.54, 1.807) is 29.8 Å². The average Bonchev–Trinajstić information content (AvgIpc) is 2.62. The minimum absolute atomic E-state index is 0. The standard InChI is InChI=1S/C20H22N4O.ClH/c21-19(25)14-7-9-17(10-8-14)23-20(22)24-11-15-5-1-3-13-4-2-6-16(12-24)18(13)15;/h1,3,5,7-10,16H,2,4,6,11-12H2,(H2,21,25)(H2,22,23);1H. The van der Waals surface area contributed by atoms with Gasteiger partial charge in [0.25, 0.3) is 0 Å². The summed E-state index contributed by atoms with van der Waals surface area (Å²) < 4.78 is 0. The molecule has 1 aliphatic carbocycles. The molecule has 1 heterocycles. The summed E-state index contributed by atoms with van der Waals surface area (Å²) in [6, 6.07) is 13.5. The zero-order chi connectivity index (χ0) is 17.4. The zero-order valence-corrected chi connectivity index (χ0v) is 15.3. The van der Waals surface area contributed by atoms with Crippen LogP contribution in [-0.4, -0.2) is 23.3 Å². The Morgan fingerprint density at radius 1 is 1.08 bits per heavy atom. The summed E-state index contributed by atoms with van der Waals surface area (Å²) in [6.07, 6.45) is 3.64. The molecule has 2 aromatic carbocycles. The highest BCUT2D eigenvalue weighted by Crippen LogP contribution is 2.38. The summed E-state index contributed by atoms with van der Waals surface area (Å²) in [5.41, 5.74) is 17.2. The topological polar surface area (TPSA) is 84.7 Å². The summed E-state index contributed by atoms with van der Waals surface area (Å²) in [7, 11) is 0. The first-order valence-electron chi connectivity index (χ1n) is 8.71. The van der Waals surface area contributed by atoms with Crippen LogP contribution in [0.25, 0.3) is 0 Å². The van der Waals surface area contributed by atoms with Crippen LogP contribution in [0.3, 0.4) is 0 Å². The number of hydrogen-bond acceptors (Lipinski definition) is 2. The van der Waals surface area contributed by atoms with Gasteiger partial charge < -0.3 is 16.4 Å². The van der Waals surface area contributed by atoms with Crippen molar-refractivity contribution in [3.63, 3.8) is 0 Å². The summed E-state index contributed by atoms with van der Waals surface area (Å²) in [4.78, 5) is 17.8. The molecule has 4 rings (SSSR count). The third kappa shape index (κ3) is 3.40. The number of rotatable bonds is 2. The molecule has 0 fully saturated rings. The van der Waals surface area contributed by atoms with Crippen LogP contribution in [0.2, 0.25) is 0 Å². The number of amides is 1. The van der Waals surface area contributed by atoms with Crippen molar-refractivity contribution in [3.8, 4) is 0 Å². The Balaban J connectivity index is 0.00000196. The van der Waals surface area contributed by atoms with E-state index in [2.05, 4.69) is 28.1 Å². The summed E-state index contributed by atoms with van der Waals surface area (Å²) in [6.45, 7) is 1.72. The van der Waals surface area contributed by atoms with Crippen molar-refractivity contribution in [2.45, 2.75) is 31.7 Å². The molecule has 6 heteroatoms. The fourth-order valence-corrected chi connectivity index (χ4v) is 4.03. The number of nitrogens with zero attached hydrogens (tertiary/aromatic N) is 2. The van der Waals surface area contributed by atoms with Crippen LogP contribution in [-0.2, 0) is 13.0 Å². The van der Waals surface area contributed by atoms with Crippen LogP contribution in [0.5, 0.6) is 0 Å².